The monoisotopic (exact) mass is 482 g/mol. The van der Waals surface area contributed by atoms with Gasteiger partial charge in [-0.25, -0.2) is 0 Å². The van der Waals surface area contributed by atoms with E-state index in [1.807, 2.05) is 25.1 Å². The Morgan fingerprint density at radius 3 is 2.67 bits per heavy atom. The second kappa shape index (κ2) is 10.3. The summed E-state index contributed by atoms with van der Waals surface area (Å²) in [5.41, 5.74) is 0.796. The van der Waals surface area contributed by atoms with Crippen molar-refractivity contribution in [2.45, 2.75) is 65.0 Å². The van der Waals surface area contributed by atoms with Crippen LogP contribution in [-0.2, 0) is 24.5 Å². The maximum Gasteiger partial charge on any atom is 0.308 e. The van der Waals surface area contributed by atoms with Crippen molar-refractivity contribution < 1.29 is 23.9 Å². The molecule has 1 heterocycles. The zero-order valence-corrected chi connectivity index (χ0v) is 19.9. The van der Waals surface area contributed by atoms with Crippen molar-refractivity contribution in [2.75, 3.05) is 19.7 Å². The third-order valence-electron chi connectivity index (χ3n) is 5.02. The Balaban J connectivity index is 2.09. The Morgan fingerprint density at radius 1 is 1.33 bits per heavy atom. The fraction of sp³-hybridized carbons (Fsp3) is 0.591. The number of esters is 1. The third-order valence-corrected chi connectivity index (χ3v) is 5.51. The molecule has 1 aromatic carbocycles. The molecule has 1 aliphatic heterocycles. The molecule has 8 heteroatoms. The molecule has 2 amide bonds. The summed E-state index contributed by atoms with van der Waals surface area (Å²) in [6, 6.07) is 4.76. The summed E-state index contributed by atoms with van der Waals surface area (Å²) in [5.74, 6) is -0.565. The molecule has 2 atom stereocenters. The van der Waals surface area contributed by atoms with E-state index in [0.717, 1.165) is 10.0 Å². The van der Waals surface area contributed by atoms with Crippen LogP contribution in [-0.4, -0.2) is 54.5 Å². The van der Waals surface area contributed by atoms with Crippen molar-refractivity contribution in [3.8, 4) is 5.75 Å². The van der Waals surface area contributed by atoms with Crippen LogP contribution in [0.15, 0.2) is 22.7 Å². The van der Waals surface area contributed by atoms with Gasteiger partial charge < -0.3 is 19.7 Å². The first-order valence-corrected chi connectivity index (χ1v) is 11.0. The van der Waals surface area contributed by atoms with Crippen LogP contribution >= 0.6 is 15.9 Å². The van der Waals surface area contributed by atoms with Crippen molar-refractivity contribution in [3.05, 3.63) is 28.2 Å². The summed E-state index contributed by atoms with van der Waals surface area (Å²) >= 11 is 3.47. The molecule has 1 saturated heterocycles. The summed E-state index contributed by atoms with van der Waals surface area (Å²) in [6.45, 7) is 10.3. The summed E-state index contributed by atoms with van der Waals surface area (Å²) in [5, 5.41) is 2.71. The van der Waals surface area contributed by atoms with Crippen LogP contribution < -0.4 is 10.1 Å². The lowest BCUT2D eigenvalue weighted by atomic mass is 9.86. The maximum absolute atomic E-state index is 12.9. The number of carbonyl (C=O) groups excluding carboxylic acids is 3. The quantitative estimate of drug-likeness (QED) is 0.603. The molecule has 166 valence electrons. The van der Waals surface area contributed by atoms with Gasteiger partial charge in [-0.2, -0.15) is 0 Å². The number of nitrogens with zero attached hydrogens (tertiary/aromatic N) is 1. The molecule has 0 bridgehead atoms. The molecule has 0 aromatic heterocycles. The minimum atomic E-state index is -0.890. The van der Waals surface area contributed by atoms with E-state index in [2.05, 4.69) is 42.0 Å². The van der Waals surface area contributed by atoms with Gasteiger partial charge in [0.25, 0.3) is 5.91 Å². The van der Waals surface area contributed by atoms with E-state index in [-0.39, 0.29) is 36.4 Å². The van der Waals surface area contributed by atoms with Crippen molar-refractivity contribution >= 4 is 33.7 Å². The van der Waals surface area contributed by atoms with E-state index in [4.69, 9.17) is 9.47 Å². The Hall–Kier alpha value is -2.09. The minimum absolute atomic E-state index is 0.171. The first-order valence-electron chi connectivity index (χ1n) is 10.2. The number of piperazine rings is 1. The van der Waals surface area contributed by atoms with E-state index in [1.165, 1.54) is 4.90 Å². The average molecular weight is 483 g/mol. The lowest BCUT2D eigenvalue weighted by molar-refractivity contribution is -0.155. The second-order valence-electron chi connectivity index (χ2n) is 8.49. The number of halogens is 1. The summed E-state index contributed by atoms with van der Waals surface area (Å²) in [6.07, 6.45) is 0.278. The lowest BCUT2D eigenvalue weighted by Gasteiger charge is -2.34. The number of ether oxygens (including phenoxy) is 2. The third kappa shape index (κ3) is 6.45. The van der Waals surface area contributed by atoms with E-state index in [0.29, 0.717) is 25.3 Å². The predicted octanol–water partition coefficient (Wildman–Crippen LogP) is 3.18. The molecule has 1 fully saturated rings. The zero-order valence-electron chi connectivity index (χ0n) is 18.3. The number of hydrogen-bond donors (Lipinski definition) is 1. The van der Waals surface area contributed by atoms with Crippen LogP contribution in [0.3, 0.4) is 0 Å². The highest BCUT2D eigenvalue weighted by Gasteiger charge is 2.35. The molecule has 7 nitrogen and oxygen atoms in total. The van der Waals surface area contributed by atoms with Gasteiger partial charge in [0, 0.05) is 23.1 Å². The largest absolute Gasteiger partial charge is 0.483 e. The number of benzene rings is 1. The van der Waals surface area contributed by atoms with Gasteiger partial charge in [-0.1, -0.05) is 43.6 Å². The molecule has 2 rings (SSSR count). The van der Waals surface area contributed by atoms with Crippen LogP contribution in [0.25, 0.3) is 0 Å². The van der Waals surface area contributed by atoms with Gasteiger partial charge in [-0.15, -0.1) is 0 Å². The Kier molecular flexibility index (Phi) is 8.29. The first kappa shape index (κ1) is 24.2. The SMILES string of the molecule is CCC(C)OC(=O)CC1C(=O)NCCN1C(=O)COc1ccc(Br)cc1C(C)(C)C. The predicted molar refractivity (Wildman–Crippen MR) is 117 cm³/mol. The molecule has 0 spiro atoms. The highest BCUT2D eigenvalue weighted by Crippen LogP contribution is 2.33. The van der Waals surface area contributed by atoms with Gasteiger partial charge in [-0.3, -0.25) is 14.4 Å². The molecule has 1 aromatic rings. The number of amides is 2. The Labute approximate surface area is 186 Å². The van der Waals surface area contributed by atoms with Crippen LogP contribution in [0.5, 0.6) is 5.75 Å². The molecular formula is C22H31BrN2O5. The Morgan fingerprint density at radius 2 is 2.03 bits per heavy atom. The molecule has 0 saturated carbocycles. The number of rotatable bonds is 7. The van der Waals surface area contributed by atoms with Crippen LogP contribution in [0.2, 0.25) is 0 Å². The fourth-order valence-corrected chi connectivity index (χ4v) is 3.53. The first-order chi connectivity index (χ1) is 14.0. The highest BCUT2D eigenvalue weighted by atomic mass is 79.9. The lowest BCUT2D eigenvalue weighted by Crippen LogP contribution is -2.58. The summed E-state index contributed by atoms with van der Waals surface area (Å²) < 4.78 is 12.1. The molecular weight excluding hydrogens is 452 g/mol. The van der Waals surface area contributed by atoms with Gasteiger partial charge in [0.1, 0.15) is 11.8 Å². The highest BCUT2D eigenvalue weighted by molar-refractivity contribution is 9.10. The van der Waals surface area contributed by atoms with Gasteiger partial charge >= 0.3 is 5.97 Å². The zero-order chi connectivity index (χ0) is 22.5. The maximum atomic E-state index is 12.9. The Bertz CT molecular complexity index is 790. The number of carbonyl (C=O) groups is 3. The molecule has 1 N–H and O–H groups in total. The summed E-state index contributed by atoms with van der Waals surface area (Å²) in [4.78, 5) is 38.8. The van der Waals surface area contributed by atoms with Gasteiger partial charge in [0.15, 0.2) is 6.61 Å². The van der Waals surface area contributed by atoms with Crippen molar-refractivity contribution in [1.29, 1.82) is 0 Å². The van der Waals surface area contributed by atoms with Crippen molar-refractivity contribution in [1.82, 2.24) is 10.2 Å². The van der Waals surface area contributed by atoms with E-state index >= 15 is 0 Å². The smallest absolute Gasteiger partial charge is 0.308 e. The normalized spacial score (nSPS) is 17.9. The van der Waals surface area contributed by atoms with Crippen molar-refractivity contribution in [3.63, 3.8) is 0 Å². The van der Waals surface area contributed by atoms with Crippen LogP contribution in [0.4, 0.5) is 0 Å². The second-order valence-corrected chi connectivity index (χ2v) is 9.40. The van der Waals surface area contributed by atoms with Gasteiger partial charge in [0.2, 0.25) is 5.91 Å². The van der Waals surface area contributed by atoms with Crippen molar-refractivity contribution in [2.24, 2.45) is 0 Å². The van der Waals surface area contributed by atoms with E-state index in [9.17, 15) is 14.4 Å². The van der Waals surface area contributed by atoms with E-state index < -0.39 is 12.0 Å². The number of nitrogens with one attached hydrogen (secondary N) is 1. The van der Waals surface area contributed by atoms with Crippen LogP contribution in [0.1, 0.15) is 53.0 Å². The fourth-order valence-electron chi connectivity index (χ4n) is 3.17. The topological polar surface area (TPSA) is 84.9 Å². The molecule has 0 aliphatic carbocycles. The average Bonchev–Trinajstić information content (AvgIpc) is 2.67. The van der Waals surface area contributed by atoms with Gasteiger partial charge in [0.05, 0.1) is 12.5 Å². The summed E-state index contributed by atoms with van der Waals surface area (Å²) in [7, 11) is 0. The number of hydrogen-bond acceptors (Lipinski definition) is 5. The molecule has 2 unspecified atom stereocenters. The van der Waals surface area contributed by atoms with Gasteiger partial charge in [-0.05, 0) is 37.0 Å². The molecule has 1 aliphatic rings. The minimum Gasteiger partial charge on any atom is -0.483 e. The standard InChI is InChI=1S/C22H31BrN2O5/c1-6-14(2)30-20(27)12-17-21(28)24-9-10-25(17)19(26)13-29-18-8-7-15(23)11-16(18)22(3,4)5/h7-8,11,14,17H,6,9-10,12-13H2,1-5H3,(H,24,28). The van der Waals surface area contributed by atoms with E-state index in [1.54, 1.807) is 6.92 Å². The molecule has 30 heavy (non-hydrogen) atoms. The molecule has 0 radical (unpaired) electrons. The van der Waals surface area contributed by atoms with Crippen LogP contribution in [0, 0.1) is 0 Å².